The molecule has 0 radical (unpaired) electrons. The van der Waals surface area contributed by atoms with Gasteiger partial charge in [0.15, 0.2) is 18.1 Å². The molecule has 7 nitrogen and oxygen atoms in total. The zero-order valence-corrected chi connectivity index (χ0v) is 14.8. The molecule has 0 unspecified atom stereocenters. The van der Waals surface area contributed by atoms with Gasteiger partial charge in [0.1, 0.15) is 17.1 Å². The maximum Gasteiger partial charge on any atom is 0.435 e. The van der Waals surface area contributed by atoms with Gasteiger partial charge in [0.25, 0.3) is 11.8 Å². The van der Waals surface area contributed by atoms with Crippen LogP contribution in [-0.2, 0) is 6.18 Å². The van der Waals surface area contributed by atoms with E-state index in [4.69, 9.17) is 16.3 Å². The number of rotatable bonds is 4. The molecule has 2 aromatic heterocycles. The van der Waals surface area contributed by atoms with E-state index in [1.807, 2.05) is 0 Å². The van der Waals surface area contributed by atoms with Gasteiger partial charge in [0.05, 0.1) is 10.7 Å². The second-order valence-corrected chi connectivity index (χ2v) is 5.93. The number of pyridine rings is 1. The van der Waals surface area contributed by atoms with E-state index in [1.54, 1.807) is 0 Å². The van der Waals surface area contributed by atoms with Crippen LogP contribution in [0.1, 0.15) is 16.1 Å². The number of alkyl halides is 3. The number of benzene rings is 1. The van der Waals surface area contributed by atoms with Crippen molar-refractivity contribution in [1.82, 2.24) is 10.2 Å². The molecule has 29 heavy (non-hydrogen) atoms. The summed E-state index contributed by atoms with van der Waals surface area (Å²) in [6.07, 6.45) is -2.70. The molecule has 3 rings (SSSR count). The molecule has 0 aliphatic rings. The van der Waals surface area contributed by atoms with Crippen LogP contribution in [0.4, 0.5) is 23.2 Å². The van der Waals surface area contributed by atoms with E-state index < -0.39 is 35.0 Å². The number of nitrogens with one attached hydrogen (secondary N) is 1. The number of amides is 1. The lowest BCUT2D eigenvalue weighted by Crippen LogP contribution is -2.24. The molecule has 0 spiro atoms. The van der Waals surface area contributed by atoms with Crippen molar-refractivity contribution in [1.29, 1.82) is 0 Å². The number of hydrogen-bond donors (Lipinski definition) is 1. The Morgan fingerprint density at radius 1 is 1.14 bits per heavy atom. The number of nitrogens with zero attached hydrogens (tertiary/aromatic N) is 3. The van der Waals surface area contributed by atoms with Gasteiger partial charge < -0.3 is 15.3 Å². The molecule has 0 fully saturated rings. The molecular weight excluding hydrogens is 420 g/mol. The van der Waals surface area contributed by atoms with E-state index in [0.29, 0.717) is 10.8 Å². The molecule has 0 aliphatic carbocycles. The molecule has 1 amide bonds. The molecule has 0 atom stereocenters. The van der Waals surface area contributed by atoms with Crippen LogP contribution < -0.4 is 14.8 Å². The normalized spacial score (nSPS) is 11.2. The van der Waals surface area contributed by atoms with Crippen LogP contribution in [0.5, 0.6) is 11.6 Å². The summed E-state index contributed by atoms with van der Waals surface area (Å²) < 4.78 is 57.9. The predicted octanol–water partition coefficient (Wildman–Crippen LogP) is 3.97. The first-order chi connectivity index (χ1) is 13.6. The average Bonchev–Trinajstić information content (AvgIpc) is 2.65. The molecule has 3 aromatic rings. The molecule has 12 heteroatoms. The first-order valence-corrected chi connectivity index (χ1v) is 8.09. The van der Waals surface area contributed by atoms with Gasteiger partial charge in [0.2, 0.25) is 0 Å². The SMILES string of the molecule is O=C(Nc1cc[n+]([O-])cc1)c1cc(C(F)(F)F)nnc1Oc1ccc(F)cc1Cl. The molecular formula is C17H9ClF4N4O3. The second-order valence-electron chi connectivity index (χ2n) is 5.52. The predicted molar refractivity (Wildman–Crippen MR) is 91.9 cm³/mol. The number of hydrogen-bond acceptors (Lipinski definition) is 5. The Morgan fingerprint density at radius 3 is 2.45 bits per heavy atom. The Bertz CT molecular complexity index is 1060. The number of ether oxygens (including phenoxy) is 1. The lowest BCUT2D eigenvalue weighted by Gasteiger charge is -2.13. The van der Waals surface area contributed by atoms with Gasteiger partial charge in [-0.25, -0.2) is 4.39 Å². The summed E-state index contributed by atoms with van der Waals surface area (Å²) in [7, 11) is 0. The summed E-state index contributed by atoms with van der Waals surface area (Å²) in [5, 5.41) is 19.5. The average molecular weight is 429 g/mol. The number of carbonyl (C=O) groups excluding carboxylic acids is 1. The molecule has 0 bridgehead atoms. The largest absolute Gasteiger partial charge is 0.619 e. The molecule has 1 N–H and O–H groups in total. The summed E-state index contributed by atoms with van der Waals surface area (Å²) in [4.78, 5) is 12.5. The minimum Gasteiger partial charge on any atom is -0.619 e. The lowest BCUT2D eigenvalue weighted by atomic mass is 10.2. The van der Waals surface area contributed by atoms with Gasteiger partial charge in [-0.05, 0) is 24.3 Å². The van der Waals surface area contributed by atoms with E-state index in [9.17, 15) is 27.6 Å². The highest BCUT2D eigenvalue weighted by Gasteiger charge is 2.35. The number of anilines is 1. The molecule has 0 saturated carbocycles. The van der Waals surface area contributed by atoms with Crippen LogP contribution in [0.15, 0.2) is 48.8 Å². The minimum absolute atomic E-state index is 0.137. The third kappa shape index (κ3) is 4.88. The summed E-state index contributed by atoms with van der Waals surface area (Å²) in [6.45, 7) is 0. The molecule has 0 aliphatic heterocycles. The Hall–Kier alpha value is -3.47. The van der Waals surface area contributed by atoms with Crippen LogP contribution in [0, 0.1) is 11.0 Å². The van der Waals surface area contributed by atoms with Crippen molar-refractivity contribution in [2.75, 3.05) is 5.32 Å². The van der Waals surface area contributed by atoms with Gasteiger partial charge in [-0.15, -0.1) is 10.2 Å². The summed E-state index contributed by atoms with van der Waals surface area (Å²) >= 11 is 5.83. The van der Waals surface area contributed by atoms with Gasteiger partial charge in [-0.2, -0.15) is 17.9 Å². The van der Waals surface area contributed by atoms with Crippen molar-refractivity contribution < 1.29 is 31.8 Å². The van der Waals surface area contributed by atoms with Gasteiger partial charge in [-0.1, -0.05) is 11.6 Å². The fourth-order valence-electron chi connectivity index (χ4n) is 2.11. The highest BCUT2D eigenvalue weighted by atomic mass is 35.5. The van der Waals surface area contributed by atoms with Crippen molar-refractivity contribution in [2.24, 2.45) is 0 Å². The lowest BCUT2D eigenvalue weighted by molar-refractivity contribution is -0.605. The first-order valence-electron chi connectivity index (χ1n) is 7.71. The Kier molecular flexibility index (Phi) is 5.50. The molecule has 0 saturated heterocycles. The highest BCUT2D eigenvalue weighted by molar-refractivity contribution is 6.32. The van der Waals surface area contributed by atoms with Gasteiger partial charge in [-0.3, -0.25) is 4.79 Å². The van der Waals surface area contributed by atoms with Gasteiger partial charge in [0, 0.05) is 12.1 Å². The van der Waals surface area contributed by atoms with E-state index in [-0.39, 0.29) is 16.5 Å². The Balaban J connectivity index is 1.99. The third-order valence-electron chi connectivity index (χ3n) is 3.46. The number of carbonyl (C=O) groups is 1. The minimum atomic E-state index is -4.87. The van der Waals surface area contributed by atoms with Crippen LogP contribution >= 0.6 is 11.6 Å². The maximum absolute atomic E-state index is 13.2. The van der Waals surface area contributed by atoms with Gasteiger partial charge >= 0.3 is 6.18 Å². The van der Waals surface area contributed by atoms with Crippen molar-refractivity contribution >= 4 is 23.2 Å². The smallest absolute Gasteiger partial charge is 0.435 e. The van der Waals surface area contributed by atoms with Crippen molar-refractivity contribution in [2.45, 2.75) is 6.18 Å². The van der Waals surface area contributed by atoms with E-state index in [1.165, 1.54) is 12.1 Å². The van der Waals surface area contributed by atoms with Crippen LogP contribution in [0.25, 0.3) is 0 Å². The first kappa shape index (κ1) is 20.3. The van der Waals surface area contributed by atoms with Crippen molar-refractivity contribution in [3.8, 4) is 11.6 Å². The van der Waals surface area contributed by atoms with Crippen LogP contribution in [-0.4, -0.2) is 16.1 Å². The Morgan fingerprint density at radius 2 is 1.83 bits per heavy atom. The fraction of sp³-hybridized carbons (Fsp3) is 0.0588. The topological polar surface area (TPSA) is 91.1 Å². The number of halogens is 5. The van der Waals surface area contributed by atoms with Crippen LogP contribution in [0.3, 0.4) is 0 Å². The molecule has 1 aromatic carbocycles. The fourth-order valence-corrected chi connectivity index (χ4v) is 2.32. The van der Waals surface area contributed by atoms with E-state index >= 15 is 0 Å². The summed E-state index contributed by atoms with van der Waals surface area (Å²) in [6, 6.07) is 5.95. The van der Waals surface area contributed by atoms with E-state index in [0.717, 1.165) is 30.6 Å². The highest BCUT2D eigenvalue weighted by Crippen LogP contribution is 2.33. The quantitative estimate of drug-likeness (QED) is 0.386. The van der Waals surface area contributed by atoms with Crippen molar-refractivity contribution in [3.63, 3.8) is 0 Å². The molecule has 2 heterocycles. The molecule has 150 valence electrons. The number of aromatic nitrogens is 3. The third-order valence-corrected chi connectivity index (χ3v) is 3.75. The summed E-state index contributed by atoms with van der Waals surface area (Å²) in [5.41, 5.74) is -1.89. The summed E-state index contributed by atoms with van der Waals surface area (Å²) in [5.74, 6) is -2.41. The standard InChI is InChI=1S/C17H9ClF4N4O3/c18-12-7-9(19)1-2-13(12)29-16-11(8-14(24-25-16)17(20,21)22)15(27)23-10-3-5-26(28)6-4-10/h1-8H,(H,23,27). The van der Waals surface area contributed by atoms with E-state index in [2.05, 4.69) is 15.5 Å². The second kappa shape index (κ2) is 7.87. The van der Waals surface area contributed by atoms with Crippen LogP contribution in [0.2, 0.25) is 5.02 Å². The maximum atomic E-state index is 13.2. The van der Waals surface area contributed by atoms with Crippen molar-refractivity contribution in [3.05, 3.63) is 76.1 Å². The Labute approximate surface area is 165 Å². The zero-order valence-electron chi connectivity index (χ0n) is 14.1. The monoisotopic (exact) mass is 428 g/mol. The zero-order chi connectivity index (χ0) is 21.2.